The van der Waals surface area contributed by atoms with E-state index in [4.69, 9.17) is 9.47 Å². The first-order valence-electron chi connectivity index (χ1n) is 5.99. The van der Waals surface area contributed by atoms with Gasteiger partial charge in [-0.15, -0.1) is 0 Å². The Balaban J connectivity index is 2.40. The van der Waals surface area contributed by atoms with Gasteiger partial charge in [0.1, 0.15) is 5.75 Å². The van der Waals surface area contributed by atoms with Gasteiger partial charge in [0, 0.05) is 12.0 Å². The lowest BCUT2D eigenvalue weighted by molar-refractivity contribution is -0.148. The summed E-state index contributed by atoms with van der Waals surface area (Å²) in [6.45, 7) is 6.67. The van der Waals surface area contributed by atoms with Gasteiger partial charge in [0.15, 0.2) is 0 Å². The average Bonchev–Trinajstić information content (AvgIpc) is 2.76. The van der Waals surface area contributed by atoms with Gasteiger partial charge in [-0.3, -0.25) is 4.79 Å². The number of hydrogen-bond donors (Lipinski definition) is 0. The Hall–Kier alpha value is -1.51. The van der Waals surface area contributed by atoms with Crippen LogP contribution in [-0.4, -0.2) is 19.2 Å². The summed E-state index contributed by atoms with van der Waals surface area (Å²) in [5.74, 6) is 0.662. The maximum atomic E-state index is 12.0. The first-order chi connectivity index (χ1) is 8.07. The van der Waals surface area contributed by atoms with E-state index in [-0.39, 0.29) is 5.97 Å². The second-order valence-electron chi connectivity index (χ2n) is 4.74. The van der Waals surface area contributed by atoms with Crippen LogP contribution in [0.4, 0.5) is 0 Å². The maximum absolute atomic E-state index is 12.0. The molecular weight excluding hydrogens is 216 g/mol. The smallest absolute Gasteiger partial charge is 0.316 e. The normalized spacial score (nSPS) is 14.1. The van der Waals surface area contributed by atoms with Crippen LogP contribution in [0.5, 0.6) is 5.75 Å². The zero-order chi connectivity index (χ0) is 12.5. The van der Waals surface area contributed by atoms with Crippen LogP contribution in [0.15, 0.2) is 18.2 Å². The van der Waals surface area contributed by atoms with E-state index in [1.807, 2.05) is 39.0 Å². The molecule has 0 saturated heterocycles. The van der Waals surface area contributed by atoms with Crippen molar-refractivity contribution >= 4 is 5.97 Å². The summed E-state index contributed by atoms with van der Waals surface area (Å²) < 4.78 is 10.8. The first-order valence-corrected chi connectivity index (χ1v) is 5.99. The molecule has 0 aliphatic carbocycles. The largest absolute Gasteiger partial charge is 0.493 e. The summed E-state index contributed by atoms with van der Waals surface area (Å²) in [4.78, 5) is 12.0. The lowest BCUT2D eigenvalue weighted by Gasteiger charge is -2.24. The number of carbonyl (C=O) groups is 1. The van der Waals surface area contributed by atoms with Crippen LogP contribution in [0.3, 0.4) is 0 Å². The predicted octanol–water partition coefficient (Wildman–Crippen LogP) is 2.46. The SMILES string of the molecule is CCOC(=O)C(C)(C)c1cccc2c1OCC2. The molecule has 0 bridgehead atoms. The van der Waals surface area contributed by atoms with Crippen molar-refractivity contribution in [3.63, 3.8) is 0 Å². The summed E-state index contributed by atoms with van der Waals surface area (Å²) in [5.41, 5.74) is 1.44. The number of carbonyl (C=O) groups excluding carboxylic acids is 1. The monoisotopic (exact) mass is 234 g/mol. The highest BCUT2D eigenvalue weighted by molar-refractivity contribution is 5.83. The van der Waals surface area contributed by atoms with Crippen molar-refractivity contribution in [3.05, 3.63) is 29.3 Å². The van der Waals surface area contributed by atoms with Gasteiger partial charge in [-0.1, -0.05) is 18.2 Å². The Bertz CT molecular complexity index is 435. The predicted molar refractivity (Wildman–Crippen MR) is 65.3 cm³/mol. The van der Waals surface area contributed by atoms with Crippen molar-refractivity contribution in [2.45, 2.75) is 32.6 Å². The molecule has 0 atom stereocenters. The third kappa shape index (κ3) is 2.02. The number of rotatable bonds is 3. The molecule has 1 aromatic rings. The van der Waals surface area contributed by atoms with Gasteiger partial charge < -0.3 is 9.47 Å². The lowest BCUT2D eigenvalue weighted by Crippen LogP contribution is -2.31. The summed E-state index contributed by atoms with van der Waals surface area (Å²) >= 11 is 0. The fraction of sp³-hybridized carbons (Fsp3) is 0.500. The van der Waals surface area contributed by atoms with E-state index in [0.717, 1.165) is 17.7 Å². The minimum absolute atomic E-state index is 0.205. The van der Waals surface area contributed by atoms with E-state index in [1.165, 1.54) is 5.56 Å². The van der Waals surface area contributed by atoms with Crippen LogP contribution in [0.25, 0.3) is 0 Å². The van der Waals surface area contributed by atoms with E-state index in [1.54, 1.807) is 0 Å². The Morgan fingerprint density at radius 1 is 1.47 bits per heavy atom. The van der Waals surface area contributed by atoms with Crippen molar-refractivity contribution in [2.75, 3.05) is 13.2 Å². The molecule has 0 fully saturated rings. The van der Waals surface area contributed by atoms with Gasteiger partial charge in [-0.2, -0.15) is 0 Å². The van der Waals surface area contributed by atoms with E-state index < -0.39 is 5.41 Å². The second kappa shape index (κ2) is 4.40. The molecule has 1 heterocycles. The highest BCUT2D eigenvalue weighted by Crippen LogP contribution is 2.38. The molecule has 0 aromatic heterocycles. The molecule has 2 rings (SSSR count). The third-order valence-corrected chi connectivity index (χ3v) is 3.17. The minimum atomic E-state index is -0.661. The maximum Gasteiger partial charge on any atom is 0.316 e. The molecule has 1 aliphatic rings. The zero-order valence-corrected chi connectivity index (χ0v) is 10.6. The Morgan fingerprint density at radius 3 is 2.94 bits per heavy atom. The van der Waals surface area contributed by atoms with Crippen molar-refractivity contribution < 1.29 is 14.3 Å². The fourth-order valence-corrected chi connectivity index (χ4v) is 2.13. The van der Waals surface area contributed by atoms with E-state index in [9.17, 15) is 4.79 Å². The molecule has 1 aromatic carbocycles. The molecule has 0 saturated carbocycles. The van der Waals surface area contributed by atoms with E-state index >= 15 is 0 Å². The Morgan fingerprint density at radius 2 is 2.24 bits per heavy atom. The van der Waals surface area contributed by atoms with Crippen LogP contribution < -0.4 is 4.74 Å². The van der Waals surface area contributed by atoms with E-state index in [0.29, 0.717) is 13.2 Å². The first kappa shape index (κ1) is 12.0. The Labute approximate surface area is 102 Å². The van der Waals surface area contributed by atoms with Crippen LogP contribution in [-0.2, 0) is 21.4 Å². The highest BCUT2D eigenvalue weighted by atomic mass is 16.5. The van der Waals surface area contributed by atoms with Crippen LogP contribution in [0, 0.1) is 0 Å². The molecule has 0 amide bonds. The summed E-state index contributed by atoms with van der Waals surface area (Å²) in [6.07, 6.45) is 0.919. The van der Waals surface area contributed by atoms with Gasteiger partial charge in [0.05, 0.1) is 18.6 Å². The molecule has 1 aliphatic heterocycles. The van der Waals surface area contributed by atoms with Crippen LogP contribution >= 0.6 is 0 Å². The lowest BCUT2D eigenvalue weighted by atomic mass is 9.83. The number of fused-ring (bicyclic) bond motifs is 1. The zero-order valence-electron chi connectivity index (χ0n) is 10.6. The number of benzene rings is 1. The van der Waals surface area contributed by atoms with Gasteiger partial charge in [-0.25, -0.2) is 0 Å². The standard InChI is InChI=1S/C14H18O3/c1-4-16-13(15)14(2,3)11-7-5-6-10-8-9-17-12(10)11/h5-7H,4,8-9H2,1-3H3. The van der Waals surface area contributed by atoms with Crippen LogP contribution in [0.1, 0.15) is 31.9 Å². The van der Waals surface area contributed by atoms with Crippen molar-refractivity contribution in [2.24, 2.45) is 0 Å². The van der Waals surface area contributed by atoms with Gasteiger partial charge >= 0.3 is 5.97 Å². The topological polar surface area (TPSA) is 35.5 Å². The van der Waals surface area contributed by atoms with Crippen molar-refractivity contribution in [3.8, 4) is 5.75 Å². The number of ether oxygens (including phenoxy) is 2. The second-order valence-corrected chi connectivity index (χ2v) is 4.74. The molecule has 3 heteroatoms. The average molecular weight is 234 g/mol. The van der Waals surface area contributed by atoms with Crippen molar-refractivity contribution in [1.82, 2.24) is 0 Å². The third-order valence-electron chi connectivity index (χ3n) is 3.17. The summed E-state index contributed by atoms with van der Waals surface area (Å²) in [7, 11) is 0. The molecular formula is C14H18O3. The molecule has 0 N–H and O–H groups in total. The van der Waals surface area contributed by atoms with Crippen LogP contribution in [0.2, 0.25) is 0 Å². The van der Waals surface area contributed by atoms with Gasteiger partial charge in [0.2, 0.25) is 0 Å². The van der Waals surface area contributed by atoms with Crippen molar-refractivity contribution in [1.29, 1.82) is 0 Å². The molecule has 92 valence electrons. The highest BCUT2D eigenvalue weighted by Gasteiger charge is 2.35. The molecule has 0 radical (unpaired) electrons. The summed E-state index contributed by atoms with van der Waals surface area (Å²) in [6, 6.07) is 5.97. The minimum Gasteiger partial charge on any atom is -0.493 e. The number of para-hydroxylation sites is 1. The van der Waals surface area contributed by atoms with Gasteiger partial charge in [-0.05, 0) is 26.3 Å². The number of esters is 1. The molecule has 3 nitrogen and oxygen atoms in total. The van der Waals surface area contributed by atoms with Gasteiger partial charge in [0.25, 0.3) is 0 Å². The molecule has 0 spiro atoms. The van der Waals surface area contributed by atoms with E-state index in [2.05, 4.69) is 0 Å². The quantitative estimate of drug-likeness (QED) is 0.754. The fourth-order valence-electron chi connectivity index (χ4n) is 2.13. The molecule has 0 unspecified atom stereocenters. The number of hydrogen-bond acceptors (Lipinski definition) is 3. The summed E-state index contributed by atoms with van der Waals surface area (Å²) in [5, 5.41) is 0. The molecule has 17 heavy (non-hydrogen) atoms. The Kier molecular flexibility index (Phi) is 3.09.